The third kappa shape index (κ3) is 3.84. The fraction of sp³-hybridized carbons (Fsp3) is 0.0588. The molecule has 9 heteroatoms. The average molecular weight is 400 g/mol. The molecule has 1 heterocycles. The highest BCUT2D eigenvalue weighted by Crippen LogP contribution is 2.33. The normalized spacial score (nSPS) is 11.4. The minimum atomic E-state index is -4.56. The molecule has 0 saturated carbocycles. The van der Waals surface area contributed by atoms with Crippen molar-refractivity contribution in [3.05, 3.63) is 76.0 Å². The summed E-state index contributed by atoms with van der Waals surface area (Å²) in [5.74, 6) is -0.667. The number of hydrogen-bond acceptors (Lipinski definition) is 2. The number of alkyl halides is 3. The van der Waals surface area contributed by atoms with Gasteiger partial charge in [-0.25, -0.2) is 4.68 Å². The highest BCUT2D eigenvalue weighted by molar-refractivity contribution is 6.37. The third-order valence-corrected chi connectivity index (χ3v) is 4.05. The number of amides is 1. The van der Waals surface area contributed by atoms with Gasteiger partial charge in [-0.3, -0.25) is 4.79 Å². The predicted octanol–water partition coefficient (Wildman–Crippen LogP) is 5.45. The van der Waals surface area contributed by atoms with Gasteiger partial charge in [0.05, 0.1) is 27.5 Å². The van der Waals surface area contributed by atoms with Crippen LogP contribution < -0.4 is 5.32 Å². The van der Waals surface area contributed by atoms with Gasteiger partial charge in [0.1, 0.15) is 0 Å². The Kier molecular flexibility index (Phi) is 4.93. The van der Waals surface area contributed by atoms with Crippen molar-refractivity contribution in [1.29, 1.82) is 0 Å². The highest BCUT2D eigenvalue weighted by atomic mass is 35.5. The number of carbonyl (C=O) groups is 1. The van der Waals surface area contributed by atoms with Crippen molar-refractivity contribution < 1.29 is 18.0 Å². The fourth-order valence-corrected chi connectivity index (χ4v) is 2.78. The first-order valence-corrected chi connectivity index (χ1v) is 7.99. The summed E-state index contributed by atoms with van der Waals surface area (Å²) in [4.78, 5) is 12.5. The summed E-state index contributed by atoms with van der Waals surface area (Å²) < 4.78 is 40.5. The Morgan fingerprint density at radius 2 is 1.88 bits per heavy atom. The van der Waals surface area contributed by atoms with Crippen molar-refractivity contribution in [2.75, 3.05) is 5.32 Å². The van der Waals surface area contributed by atoms with Crippen molar-refractivity contribution in [2.24, 2.45) is 0 Å². The number of aromatic nitrogens is 2. The number of benzene rings is 2. The number of nitrogens with one attached hydrogen (secondary N) is 1. The van der Waals surface area contributed by atoms with Gasteiger partial charge >= 0.3 is 6.18 Å². The zero-order valence-electron chi connectivity index (χ0n) is 12.9. The van der Waals surface area contributed by atoms with E-state index in [1.54, 1.807) is 12.3 Å². The van der Waals surface area contributed by atoms with Crippen LogP contribution >= 0.6 is 23.2 Å². The molecule has 26 heavy (non-hydrogen) atoms. The average Bonchev–Trinajstić information content (AvgIpc) is 3.08. The number of halogens is 5. The molecule has 2 aromatic carbocycles. The van der Waals surface area contributed by atoms with E-state index < -0.39 is 17.6 Å². The van der Waals surface area contributed by atoms with E-state index in [4.69, 9.17) is 23.2 Å². The van der Waals surface area contributed by atoms with Crippen molar-refractivity contribution >= 4 is 34.8 Å². The van der Waals surface area contributed by atoms with E-state index in [0.29, 0.717) is 5.02 Å². The lowest BCUT2D eigenvalue weighted by Gasteiger charge is -2.15. The molecule has 0 aliphatic rings. The molecule has 0 spiro atoms. The molecule has 0 fully saturated rings. The molecule has 0 atom stereocenters. The molecule has 0 aliphatic carbocycles. The van der Waals surface area contributed by atoms with Crippen LogP contribution in [-0.2, 0) is 6.18 Å². The second-order valence-corrected chi connectivity index (χ2v) is 6.10. The largest absolute Gasteiger partial charge is 0.416 e. The smallest absolute Gasteiger partial charge is 0.320 e. The fourth-order valence-electron chi connectivity index (χ4n) is 2.29. The molecular formula is C17H10Cl2F3N3O. The number of carbonyl (C=O) groups excluding carboxylic acids is 1. The molecule has 1 amide bonds. The molecule has 0 saturated heterocycles. The van der Waals surface area contributed by atoms with Crippen molar-refractivity contribution in [3.63, 3.8) is 0 Å². The van der Waals surface area contributed by atoms with Crippen molar-refractivity contribution in [1.82, 2.24) is 9.78 Å². The summed E-state index contributed by atoms with van der Waals surface area (Å²) in [6.07, 6.45) is -1.53. The van der Waals surface area contributed by atoms with E-state index in [0.717, 1.165) is 12.1 Å². The van der Waals surface area contributed by atoms with Crippen LogP contribution in [0.15, 0.2) is 54.9 Å². The van der Waals surface area contributed by atoms with Gasteiger partial charge in [-0.2, -0.15) is 18.3 Å². The van der Waals surface area contributed by atoms with Crippen LogP contribution in [0, 0.1) is 0 Å². The molecule has 3 rings (SSSR count). The summed E-state index contributed by atoms with van der Waals surface area (Å²) in [6.45, 7) is 0. The molecule has 1 aromatic heterocycles. The van der Waals surface area contributed by atoms with Gasteiger partial charge in [0, 0.05) is 17.4 Å². The molecule has 0 unspecified atom stereocenters. The number of rotatable bonds is 3. The van der Waals surface area contributed by atoms with E-state index in [-0.39, 0.29) is 22.0 Å². The lowest BCUT2D eigenvalue weighted by molar-refractivity contribution is -0.137. The van der Waals surface area contributed by atoms with Gasteiger partial charge in [-0.15, -0.1) is 0 Å². The van der Waals surface area contributed by atoms with Crippen LogP contribution in [0.2, 0.25) is 10.0 Å². The van der Waals surface area contributed by atoms with Gasteiger partial charge in [-0.05, 0) is 42.5 Å². The molecule has 1 N–H and O–H groups in total. The third-order valence-electron chi connectivity index (χ3n) is 3.50. The van der Waals surface area contributed by atoms with Gasteiger partial charge in [0.15, 0.2) is 0 Å². The zero-order valence-corrected chi connectivity index (χ0v) is 14.4. The molecule has 134 valence electrons. The number of hydrogen-bond donors (Lipinski definition) is 1. The standard InChI is InChI=1S/C17H10Cl2F3N3O/c18-11-3-4-12(13(19)9-11)16(26)24-14-8-10(17(20,21)22)2-5-15(14)25-7-1-6-23-25/h1-9H,(H,24,26). The summed E-state index contributed by atoms with van der Waals surface area (Å²) in [5, 5.41) is 6.87. The van der Waals surface area contributed by atoms with Crippen LogP contribution in [0.3, 0.4) is 0 Å². The lowest BCUT2D eigenvalue weighted by Crippen LogP contribution is -2.16. The Hall–Kier alpha value is -2.51. The van der Waals surface area contributed by atoms with Crippen LogP contribution in [-0.4, -0.2) is 15.7 Å². The number of anilines is 1. The van der Waals surface area contributed by atoms with E-state index >= 15 is 0 Å². The van der Waals surface area contributed by atoms with Gasteiger partial charge < -0.3 is 5.32 Å². The van der Waals surface area contributed by atoms with Crippen LogP contribution in [0.5, 0.6) is 0 Å². The minimum absolute atomic E-state index is 0.0560. The summed E-state index contributed by atoms with van der Waals surface area (Å²) in [5.41, 5.74) is -0.591. The van der Waals surface area contributed by atoms with Crippen molar-refractivity contribution in [2.45, 2.75) is 6.18 Å². The first-order valence-electron chi connectivity index (χ1n) is 7.23. The topological polar surface area (TPSA) is 46.9 Å². The van der Waals surface area contributed by atoms with E-state index in [2.05, 4.69) is 10.4 Å². The molecular weight excluding hydrogens is 390 g/mol. The summed E-state index contributed by atoms with van der Waals surface area (Å²) in [7, 11) is 0. The van der Waals surface area contributed by atoms with E-state index in [1.807, 2.05) is 0 Å². The second-order valence-electron chi connectivity index (χ2n) is 5.26. The summed E-state index contributed by atoms with van der Waals surface area (Å²) in [6, 6.07) is 8.83. The van der Waals surface area contributed by atoms with Crippen LogP contribution in [0.25, 0.3) is 5.69 Å². The Morgan fingerprint density at radius 1 is 1.12 bits per heavy atom. The Balaban J connectivity index is 2.02. The van der Waals surface area contributed by atoms with Crippen LogP contribution in [0.1, 0.15) is 15.9 Å². The SMILES string of the molecule is O=C(Nc1cc(C(F)(F)F)ccc1-n1cccn1)c1ccc(Cl)cc1Cl. The maximum atomic E-state index is 13.0. The lowest BCUT2D eigenvalue weighted by atomic mass is 10.1. The van der Waals surface area contributed by atoms with E-state index in [9.17, 15) is 18.0 Å². The maximum absolute atomic E-state index is 13.0. The molecule has 0 aliphatic heterocycles. The Bertz CT molecular complexity index is 956. The van der Waals surface area contributed by atoms with Crippen molar-refractivity contribution in [3.8, 4) is 5.69 Å². The van der Waals surface area contributed by atoms with Crippen LogP contribution in [0.4, 0.5) is 18.9 Å². The quantitative estimate of drug-likeness (QED) is 0.636. The molecule has 0 radical (unpaired) electrons. The molecule has 0 bridgehead atoms. The monoisotopic (exact) mass is 399 g/mol. The maximum Gasteiger partial charge on any atom is 0.416 e. The van der Waals surface area contributed by atoms with E-state index in [1.165, 1.54) is 35.1 Å². The highest BCUT2D eigenvalue weighted by Gasteiger charge is 2.31. The zero-order chi connectivity index (χ0) is 18.9. The molecule has 3 aromatic rings. The van der Waals surface area contributed by atoms with Gasteiger partial charge in [-0.1, -0.05) is 23.2 Å². The Morgan fingerprint density at radius 3 is 2.50 bits per heavy atom. The Labute approximate surface area is 156 Å². The summed E-state index contributed by atoms with van der Waals surface area (Å²) >= 11 is 11.8. The number of nitrogens with zero attached hydrogens (tertiary/aromatic N) is 2. The van der Waals surface area contributed by atoms with Gasteiger partial charge in [0.25, 0.3) is 5.91 Å². The first-order chi connectivity index (χ1) is 12.3. The predicted molar refractivity (Wildman–Crippen MR) is 93.0 cm³/mol. The molecule has 4 nitrogen and oxygen atoms in total. The first kappa shape index (κ1) is 18.3. The van der Waals surface area contributed by atoms with Gasteiger partial charge in [0.2, 0.25) is 0 Å². The minimum Gasteiger partial charge on any atom is -0.320 e. The second kappa shape index (κ2) is 7.01.